The van der Waals surface area contributed by atoms with E-state index in [4.69, 9.17) is 4.74 Å². The number of dihydropyridines is 1. The average molecular weight is 429 g/mol. The Kier molecular flexibility index (Phi) is 8.33. The fourth-order valence-corrected chi connectivity index (χ4v) is 3.96. The van der Waals surface area contributed by atoms with E-state index in [-0.39, 0.29) is 17.1 Å². The molecule has 1 aliphatic rings. The topological polar surface area (TPSA) is 62.1 Å². The van der Waals surface area contributed by atoms with Gasteiger partial charge >= 0.3 is 5.97 Å². The minimum Gasteiger partial charge on any atom is -0.465 e. The van der Waals surface area contributed by atoms with Gasteiger partial charge in [0.15, 0.2) is 0 Å². The average Bonchev–Trinajstić information content (AvgIpc) is 2.81. The number of nitriles is 1. The lowest BCUT2D eigenvalue weighted by Crippen LogP contribution is -2.31. The molecule has 5 heteroatoms. The lowest BCUT2D eigenvalue weighted by atomic mass is 10.0. The van der Waals surface area contributed by atoms with Gasteiger partial charge in [0.1, 0.15) is 5.37 Å². The van der Waals surface area contributed by atoms with E-state index in [1.54, 1.807) is 6.92 Å². The van der Waals surface area contributed by atoms with Gasteiger partial charge < -0.3 is 10.1 Å². The van der Waals surface area contributed by atoms with Crippen LogP contribution in [0.15, 0.2) is 95.7 Å². The summed E-state index contributed by atoms with van der Waals surface area (Å²) in [6.45, 7) is 2.12. The van der Waals surface area contributed by atoms with Gasteiger partial charge in [-0.2, -0.15) is 5.26 Å². The molecule has 1 heterocycles. The predicted octanol–water partition coefficient (Wildman–Crippen LogP) is 5.34. The van der Waals surface area contributed by atoms with Crippen LogP contribution in [0.2, 0.25) is 0 Å². The summed E-state index contributed by atoms with van der Waals surface area (Å²) in [5, 5.41) is 12.9. The molecule has 4 nitrogen and oxygen atoms in total. The summed E-state index contributed by atoms with van der Waals surface area (Å²) in [5.74, 6) is -0.119. The number of carbonyl (C=O) groups is 1. The maximum Gasteiger partial charge on any atom is 0.315 e. The van der Waals surface area contributed by atoms with Crippen LogP contribution in [0.1, 0.15) is 18.1 Å². The molecule has 0 spiro atoms. The highest BCUT2D eigenvalue weighted by molar-refractivity contribution is 8.00. The molecule has 0 fully saturated rings. The van der Waals surface area contributed by atoms with Crippen LogP contribution in [0.4, 0.5) is 0 Å². The zero-order chi connectivity index (χ0) is 21.9. The molecule has 1 unspecified atom stereocenters. The molecular weight excluding hydrogens is 404 g/mol. The molecule has 0 saturated heterocycles. The largest absolute Gasteiger partial charge is 0.465 e. The van der Waals surface area contributed by atoms with E-state index < -0.39 is 0 Å². The first kappa shape index (κ1) is 22.2. The normalized spacial score (nSPS) is 16.1. The van der Waals surface area contributed by atoms with Gasteiger partial charge in [-0.15, -0.1) is 11.8 Å². The maximum atomic E-state index is 11.9. The zero-order valence-electron chi connectivity index (χ0n) is 17.3. The van der Waals surface area contributed by atoms with Gasteiger partial charge in [-0.1, -0.05) is 78.9 Å². The molecule has 2 aromatic rings. The van der Waals surface area contributed by atoms with E-state index in [1.165, 1.54) is 11.8 Å². The fourth-order valence-electron chi connectivity index (χ4n) is 3.00. The van der Waals surface area contributed by atoms with Crippen LogP contribution in [0.3, 0.4) is 0 Å². The summed E-state index contributed by atoms with van der Waals surface area (Å²) in [5.41, 5.74) is 4.41. The number of rotatable bonds is 8. The third-order valence-electron chi connectivity index (χ3n) is 4.49. The molecule has 0 aliphatic carbocycles. The highest BCUT2D eigenvalue weighted by atomic mass is 32.2. The van der Waals surface area contributed by atoms with Crippen molar-refractivity contribution in [3.05, 3.63) is 107 Å². The van der Waals surface area contributed by atoms with Crippen LogP contribution in [0.25, 0.3) is 12.2 Å². The van der Waals surface area contributed by atoms with E-state index in [0.29, 0.717) is 12.2 Å². The summed E-state index contributed by atoms with van der Waals surface area (Å²) in [6.07, 6.45) is 9.89. The number of hydrogen-bond acceptors (Lipinski definition) is 5. The molecule has 0 bridgehead atoms. The van der Waals surface area contributed by atoms with E-state index in [9.17, 15) is 10.1 Å². The molecule has 31 heavy (non-hydrogen) atoms. The van der Waals surface area contributed by atoms with E-state index >= 15 is 0 Å². The smallest absolute Gasteiger partial charge is 0.315 e. The van der Waals surface area contributed by atoms with Crippen LogP contribution in [-0.4, -0.2) is 23.7 Å². The summed E-state index contributed by atoms with van der Waals surface area (Å²) in [6, 6.07) is 22.3. The first-order valence-electron chi connectivity index (χ1n) is 10.1. The predicted molar refractivity (Wildman–Crippen MR) is 128 cm³/mol. The molecule has 3 rings (SSSR count). The van der Waals surface area contributed by atoms with Gasteiger partial charge in [0.2, 0.25) is 0 Å². The van der Waals surface area contributed by atoms with Gasteiger partial charge in [-0.3, -0.25) is 4.79 Å². The molecule has 1 aliphatic heterocycles. The number of carbonyl (C=O) groups excluding carboxylic acids is 1. The third-order valence-corrected chi connectivity index (χ3v) is 5.57. The Labute approximate surface area is 187 Å². The van der Waals surface area contributed by atoms with E-state index in [2.05, 4.69) is 11.4 Å². The molecule has 2 aromatic carbocycles. The molecule has 1 atom stereocenters. The molecule has 0 amide bonds. The molecule has 0 saturated carbocycles. The van der Waals surface area contributed by atoms with Crippen molar-refractivity contribution in [1.82, 2.24) is 5.32 Å². The maximum absolute atomic E-state index is 11.9. The minimum absolute atomic E-state index is 0.169. The summed E-state index contributed by atoms with van der Waals surface area (Å²) in [7, 11) is 0. The quantitative estimate of drug-likeness (QED) is 0.575. The van der Waals surface area contributed by atoms with Gasteiger partial charge in [-0.25, -0.2) is 0 Å². The van der Waals surface area contributed by atoms with E-state index in [1.807, 2.05) is 91.0 Å². The van der Waals surface area contributed by atoms with Crippen LogP contribution >= 0.6 is 11.8 Å². The second kappa shape index (κ2) is 11.6. The zero-order valence-corrected chi connectivity index (χ0v) is 18.1. The fraction of sp³-hybridized carbons (Fsp3) is 0.154. The summed E-state index contributed by atoms with van der Waals surface area (Å²) in [4.78, 5) is 11.9. The Morgan fingerprint density at radius 3 is 2.23 bits per heavy atom. The van der Waals surface area contributed by atoms with Crippen molar-refractivity contribution in [2.45, 2.75) is 12.3 Å². The van der Waals surface area contributed by atoms with Gasteiger partial charge in [0.25, 0.3) is 0 Å². The Morgan fingerprint density at radius 1 is 1.03 bits per heavy atom. The third kappa shape index (κ3) is 6.77. The van der Waals surface area contributed by atoms with Crippen molar-refractivity contribution < 1.29 is 9.53 Å². The van der Waals surface area contributed by atoms with Crippen LogP contribution in [0.5, 0.6) is 0 Å². The minimum atomic E-state index is -0.342. The summed E-state index contributed by atoms with van der Waals surface area (Å²) >= 11 is 1.35. The molecule has 0 aromatic heterocycles. The van der Waals surface area contributed by atoms with Gasteiger partial charge in [0.05, 0.1) is 24.0 Å². The first-order chi connectivity index (χ1) is 15.2. The number of hydrogen-bond donors (Lipinski definition) is 1. The second-order valence-electron chi connectivity index (χ2n) is 6.71. The number of benzene rings is 2. The monoisotopic (exact) mass is 428 g/mol. The molecule has 1 N–H and O–H groups in total. The van der Waals surface area contributed by atoms with Crippen molar-refractivity contribution in [2.75, 3.05) is 12.4 Å². The van der Waals surface area contributed by atoms with E-state index in [0.717, 1.165) is 22.4 Å². The molecular formula is C26H24N2O2S. The van der Waals surface area contributed by atoms with Crippen LogP contribution in [-0.2, 0) is 9.53 Å². The number of esters is 1. The number of thioether (sulfide) groups is 1. The number of nitrogens with zero attached hydrogens (tertiary/aromatic N) is 1. The lowest BCUT2D eigenvalue weighted by molar-refractivity contribution is -0.139. The first-order valence-corrected chi connectivity index (χ1v) is 11.1. The Morgan fingerprint density at radius 2 is 1.65 bits per heavy atom. The SMILES string of the molecule is CCOC(=O)CSC1NC(/C=C/c2ccccc2)=CC(/C=C/c2ccccc2)=C1C#N. The van der Waals surface area contributed by atoms with Crippen molar-refractivity contribution in [3.8, 4) is 6.07 Å². The van der Waals surface area contributed by atoms with Crippen molar-refractivity contribution in [1.29, 1.82) is 5.26 Å². The van der Waals surface area contributed by atoms with Crippen LogP contribution in [0, 0.1) is 11.3 Å². The van der Waals surface area contributed by atoms with Gasteiger partial charge in [-0.05, 0) is 35.8 Å². The Balaban J connectivity index is 1.88. The number of nitrogens with one attached hydrogen (secondary N) is 1. The van der Waals surface area contributed by atoms with Crippen LogP contribution < -0.4 is 5.32 Å². The highest BCUT2D eigenvalue weighted by Crippen LogP contribution is 2.28. The lowest BCUT2D eigenvalue weighted by Gasteiger charge is -2.25. The highest BCUT2D eigenvalue weighted by Gasteiger charge is 2.23. The standard InChI is InChI=1S/C26H24N2O2S/c1-2-30-25(29)19-31-26-24(18-27)22(15-13-20-9-5-3-6-10-20)17-23(28-26)16-14-21-11-7-4-8-12-21/h3-17,26,28H,2,19H2,1H3/b15-13+,16-14+. The number of allylic oxidation sites excluding steroid dienone is 4. The van der Waals surface area contributed by atoms with Crippen molar-refractivity contribution in [3.63, 3.8) is 0 Å². The molecule has 156 valence electrons. The van der Waals surface area contributed by atoms with Crippen molar-refractivity contribution >= 4 is 29.9 Å². The Hall–Kier alpha value is -3.49. The molecule has 0 radical (unpaired) electrons. The van der Waals surface area contributed by atoms with Crippen molar-refractivity contribution in [2.24, 2.45) is 0 Å². The second-order valence-corrected chi connectivity index (χ2v) is 7.80. The number of ether oxygens (including phenoxy) is 1. The van der Waals surface area contributed by atoms with Gasteiger partial charge in [0, 0.05) is 5.70 Å². The summed E-state index contributed by atoms with van der Waals surface area (Å²) < 4.78 is 5.04. The Bertz CT molecular complexity index is 1050.